The number of halogens is 4. The van der Waals surface area contributed by atoms with Crippen molar-refractivity contribution in [1.82, 2.24) is 18.9 Å². The Morgan fingerprint density at radius 3 is 0.784 bits per heavy atom. The summed E-state index contributed by atoms with van der Waals surface area (Å²) in [4.78, 5) is 14.3. The van der Waals surface area contributed by atoms with Crippen LogP contribution >= 0.6 is 0 Å². The van der Waals surface area contributed by atoms with E-state index in [-0.39, 0.29) is 99.0 Å². The van der Waals surface area contributed by atoms with Gasteiger partial charge in [-0.25, -0.2) is 9.97 Å². The number of nitrogens with zero attached hydrogens (tertiary/aromatic N) is 8. The monoisotopic (exact) mass is 1350 g/mol. The summed E-state index contributed by atoms with van der Waals surface area (Å²) in [5.74, 6) is 0. The summed E-state index contributed by atoms with van der Waals surface area (Å²) < 4.78 is 72.1. The summed E-state index contributed by atoms with van der Waals surface area (Å²) in [7, 11) is -6.82. The fourth-order valence-electron chi connectivity index (χ4n) is 13.7. The van der Waals surface area contributed by atoms with Gasteiger partial charge in [-0.2, -0.15) is 10.5 Å². The summed E-state index contributed by atoms with van der Waals surface area (Å²) in [6.45, 7) is 38.5. The van der Waals surface area contributed by atoms with Gasteiger partial charge in [-0.1, -0.05) is 222 Å². The normalized spacial score (nSPS) is 13.1. The van der Waals surface area contributed by atoms with Crippen molar-refractivity contribution in [2.24, 2.45) is 0 Å². The van der Waals surface area contributed by atoms with Gasteiger partial charge in [0.25, 0.3) is 0 Å². The number of aromatic nitrogens is 4. The third-order valence-electron chi connectivity index (χ3n) is 19.6. The van der Waals surface area contributed by atoms with E-state index in [0.29, 0.717) is 22.4 Å². The van der Waals surface area contributed by atoms with Crippen molar-refractivity contribution in [1.29, 1.82) is 10.5 Å². The van der Waals surface area contributed by atoms with E-state index in [1.165, 1.54) is 0 Å². The lowest BCUT2D eigenvalue weighted by Crippen LogP contribution is -2.33. The van der Waals surface area contributed by atoms with Crippen LogP contribution in [-0.2, 0) is 32.5 Å². The fraction of sp³-hybridized carbons (Fsp3) is 0.273. The molecular formula is C88H88B2F4N8. The zero-order valence-corrected chi connectivity index (χ0v) is 61.9. The SMILES string of the molecule is CC(C)(C)c1ccc(N(c2ccc(-c3c4/c(=C(\C#N)c5ccc6cc(C(C)(C)C)ccc6n5)n(B(F)F)c(-c5ccc(N(c6ccc(C(C)(C)C)cc6)c6ccc(C(C)(C)C)cc6)cc5)c4/c(=C(\C#N)c4ccc5cc(C(C)(C)C)ccc5n4)n3B(F)F)cc2)c2ccc(C(C)(C)C)cc2)cc1. The van der Waals surface area contributed by atoms with Gasteiger partial charge in [0.15, 0.2) is 0 Å². The smallest absolute Gasteiger partial charge is 0.323 e. The summed E-state index contributed by atoms with van der Waals surface area (Å²) in [5, 5.41) is 24.4. The first-order valence-electron chi connectivity index (χ1n) is 34.9. The highest BCUT2D eigenvalue weighted by atomic mass is 19.2. The molecule has 8 aromatic carbocycles. The molecule has 0 aliphatic carbocycles. The molecule has 0 amide bonds. The molecule has 8 nitrogen and oxygen atoms in total. The largest absolute Gasteiger partial charge is 0.678 e. The molecule has 12 aromatic rings. The van der Waals surface area contributed by atoms with Gasteiger partial charge in [0, 0.05) is 55.7 Å². The molecule has 0 aliphatic heterocycles. The van der Waals surface area contributed by atoms with Crippen LogP contribution in [0.4, 0.5) is 51.4 Å². The first-order valence-corrected chi connectivity index (χ1v) is 34.9. The van der Waals surface area contributed by atoms with Crippen LogP contribution in [0.5, 0.6) is 0 Å². The van der Waals surface area contributed by atoms with Crippen molar-refractivity contribution in [3.8, 4) is 34.7 Å². The zero-order chi connectivity index (χ0) is 73.5. The molecular weight excluding hydrogens is 1270 g/mol. The van der Waals surface area contributed by atoms with E-state index in [1.807, 2.05) is 72.8 Å². The average molecular weight is 1360 g/mol. The van der Waals surface area contributed by atoms with E-state index >= 15 is 17.3 Å². The van der Waals surface area contributed by atoms with E-state index in [9.17, 15) is 10.5 Å². The van der Waals surface area contributed by atoms with Crippen LogP contribution < -0.4 is 20.5 Å². The van der Waals surface area contributed by atoms with Crippen molar-refractivity contribution in [3.63, 3.8) is 0 Å². The Morgan fingerprint density at radius 2 is 0.559 bits per heavy atom. The molecule has 0 spiro atoms. The Labute approximate surface area is 599 Å². The second kappa shape index (κ2) is 26.5. The Morgan fingerprint density at radius 1 is 0.324 bits per heavy atom. The van der Waals surface area contributed by atoms with Crippen molar-refractivity contribution in [2.75, 3.05) is 9.80 Å². The number of rotatable bonds is 12. The maximum Gasteiger partial charge on any atom is 0.678 e. The van der Waals surface area contributed by atoms with E-state index < -0.39 is 14.8 Å². The second-order valence-electron chi connectivity index (χ2n) is 33.1. The predicted molar refractivity (Wildman–Crippen MR) is 418 cm³/mol. The molecule has 0 unspecified atom stereocenters. The number of nitriles is 2. The summed E-state index contributed by atoms with van der Waals surface area (Å²) in [5.41, 5.74) is 10.7. The van der Waals surface area contributed by atoms with Crippen LogP contribution in [-0.4, -0.2) is 33.7 Å². The molecule has 102 heavy (non-hydrogen) atoms. The zero-order valence-electron chi connectivity index (χ0n) is 61.9. The lowest BCUT2D eigenvalue weighted by atomic mass is 9.86. The van der Waals surface area contributed by atoms with Gasteiger partial charge in [0.2, 0.25) is 0 Å². The predicted octanol–water partition coefficient (Wildman–Crippen LogP) is 22.6. The van der Waals surface area contributed by atoms with Crippen LogP contribution in [0.2, 0.25) is 0 Å². The van der Waals surface area contributed by atoms with E-state index in [4.69, 9.17) is 9.97 Å². The lowest BCUT2D eigenvalue weighted by molar-refractivity contribution is 0.590. The third-order valence-corrected chi connectivity index (χ3v) is 19.6. The Hall–Kier alpha value is -10.4. The topological polar surface area (TPSA) is 89.7 Å². The minimum Gasteiger partial charge on any atom is -0.323 e. The minimum absolute atomic E-state index is 0.0378. The second-order valence-corrected chi connectivity index (χ2v) is 33.1. The number of fused-ring (bicyclic) bond motifs is 3. The number of hydrogen-bond acceptors (Lipinski definition) is 6. The van der Waals surface area contributed by atoms with Gasteiger partial charge in [-0.15, -0.1) is 0 Å². The summed E-state index contributed by atoms with van der Waals surface area (Å²) in [6, 6.07) is 70.7. The highest BCUT2D eigenvalue weighted by molar-refractivity contribution is 6.45. The highest BCUT2D eigenvalue weighted by Crippen LogP contribution is 2.44. The van der Waals surface area contributed by atoms with E-state index in [0.717, 1.165) is 75.9 Å². The number of pyridine rings is 2. The summed E-state index contributed by atoms with van der Waals surface area (Å²) >= 11 is 0. The Balaban J connectivity index is 1.21. The molecule has 0 radical (unpaired) electrons. The van der Waals surface area contributed by atoms with E-state index in [2.05, 4.69) is 244 Å². The maximum absolute atomic E-state index is 17.6. The van der Waals surface area contributed by atoms with Gasteiger partial charge < -0.3 is 18.8 Å². The first kappa shape index (κ1) is 71.4. The fourth-order valence-corrected chi connectivity index (χ4v) is 13.7. The third kappa shape index (κ3) is 13.8. The summed E-state index contributed by atoms with van der Waals surface area (Å²) in [6.07, 6.45) is 0. The number of anilines is 6. The molecule has 0 bridgehead atoms. The number of hydrogen-bond donors (Lipinski definition) is 0. The highest BCUT2D eigenvalue weighted by Gasteiger charge is 2.38. The minimum atomic E-state index is -3.41. The Bertz CT molecular complexity index is 4930. The van der Waals surface area contributed by atoms with Crippen molar-refractivity contribution in [3.05, 3.63) is 262 Å². The molecule has 4 heterocycles. The van der Waals surface area contributed by atoms with Crippen LogP contribution in [0.1, 0.15) is 169 Å². The van der Waals surface area contributed by atoms with Gasteiger partial charge in [-0.3, -0.25) is 17.3 Å². The van der Waals surface area contributed by atoms with Crippen molar-refractivity contribution >= 4 is 92.7 Å². The molecule has 0 aliphatic rings. The van der Waals surface area contributed by atoms with Gasteiger partial charge in [0.1, 0.15) is 23.3 Å². The lowest BCUT2D eigenvalue weighted by Gasteiger charge is -2.28. The quantitative estimate of drug-likeness (QED) is 0.0894. The van der Waals surface area contributed by atoms with Crippen molar-refractivity contribution in [2.45, 2.75) is 157 Å². The molecule has 14 heteroatoms. The Kier molecular flexibility index (Phi) is 18.6. The van der Waals surface area contributed by atoms with Crippen molar-refractivity contribution < 1.29 is 17.3 Å². The maximum atomic E-state index is 17.6. The molecule has 0 saturated carbocycles. The molecule has 0 saturated heterocycles. The molecule has 0 N–H and O–H groups in total. The van der Waals surface area contributed by atoms with Crippen LogP contribution in [0, 0.1) is 22.7 Å². The number of benzene rings is 8. The average Bonchev–Trinajstić information content (AvgIpc) is 1.53. The van der Waals surface area contributed by atoms with Gasteiger partial charge >= 0.3 is 14.8 Å². The molecule has 0 fully saturated rings. The molecule has 4 aromatic heterocycles. The van der Waals surface area contributed by atoms with E-state index in [1.54, 1.807) is 36.4 Å². The van der Waals surface area contributed by atoms with Crippen LogP contribution in [0.15, 0.2) is 206 Å². The molecule has 0 atom stereocenters. The molecule has 514 valence electrons. The van der Waals surface area contributed by atoms with Gasteiger partial charge in [0.05, 0.1) is 44.5 Å². The van der Waals surface area contributed by atoms with Crippen LogP contribution in [0.3, 0.4) is 0 Å². The van der Waals surface area contributed by atoms with Gasteiger partial charge in [-0.05, 0) is 186 Å². The molecule has 12 rings (SSSR count). The van der Waals surface area contributed by atoms with Crippen LogP contribution in [0.25, 0.3) is 66.2 Å². The first-order chi connectivity index (χ1) is 47.9. The standard InChI is InChI=1S/C88H88B2F4N8/c1-83(2,3)59-25-39-67(40-26-59)99(68-41-27-60(28-42-68)84(4,5)6)65-35-19-55(20-36-65)79-77-78(82(101(79)89(91)92)72(54-96)76-48-24-58-52-64(88(16,17)18)34-50-74(58)98-76)80(102(90(93)94)81(77)71(53-95)75-47-23-57-51-63(87(13,14)15)33-49-73(57)97-75)56-21-37-66(38-22-56)100(69-43-29-61(30-44-69)85(7,8)9)70-45-31-62(32-46-70)86(10,11)12/h19-52H,1-18H3/b81-71-,82-72-.